The van der Waals surface area contributed by atoms with E-state index in [1.165, 1.54) is 6.20 Å². The molecule has 1 rings (SSSR count). The molecule has 1 aliphatic heterocycles. The maximum atomic E-state index is 6.91. The monoisotopic (exact) mass is 90.0 g/mol. The molecule has 1 aliphatic rings. The third-order valence-electron chi connectivity index (χ3n) is 0.731. The van der Waals surface area contributed by atoms with E-state index >= 15 is 0 Å². The lowest BCUT2D eigenvalue weighted by molar-refractivity contribution is 1.56. The summed E-state index contributed by atoms with van der Waals surface area (Å²) in [4.78, 5) is 3.61. The van der Waals surface area contributed by atoms with E-state index in [0.717, 1.165) is 0 Å². The van der Waals surface area contributed by atoms with E-state index in [4.69, 9.17) is 13.3 Å². The third kappa shape index (κ3) is 0.608. The van der Waals surface area contributed by atoms with Crippen molar-refractivity contribution in [3.63, 3.8) is 0 Å². The van der Waals surface area contributed by atoms with Gasteiger partial charge in [0.05, 0.1) is 5.71 Å². The summed E-state index contributed by atoms with van der Waals surface area (Å²) in [5.41, 5.74) is 0.611. The molecule has 0 amide bonds. The Bertz CT molecular complexity index is 157. The van der Waals surface area contributed by atoms with Crippen LogP contribution in [0.25, 0.3) is 0 Å². The van der Waals surface area contributed by atoms with E-state index in [1.54, 1.807) is 6.08 Å². The first-order valence-corrected chi connectivity index (χ1v) is 1.89. The number of allylic oxidation sites excluding steroid dienone is 1. The fourth-order valence-corrected chi connectivity index (χ4v) is 0.347. The first kappa shape index (κ1) is 4.31. The molecule has 0 aromatic heterocycles. The molecule has 1 heterocycles. The molecule has 7 heavy (non-hydrogen) atoms. The van der Waals surface area contributed by atoms with Gasteiger partial charge >= 0.3 is 0 Å². The van der Waals surface area contributed by atoms with Gasteiger partial charge in [-0.05, 0) is 6.08 Å². The van der Waals surface area contributed by atoms with E-state index in [0.29, 0.717) is 11.3 Å². The van der Waals surface area contributed by atoms with Crippen LogP contribution >= 0.6 is 0 Å². The quantitative estimate of drug-likeness (QED) is 0.409. The largest absolute Gasteiger partial charge is 0.300 e. The Morgan fingerprint density at radius 3 is 2.57 bits per heavy atom. The minimum atomic E-state index is 0.306. The second-order valence-electron chi connectivity index (χ2n) is 1.24. The lowest BCUT2D eigenvalue weighted by Gasteiger charge is -1.82. The maximum absolute atomic E-state index is 6.91. The van der Waals surface area contributed by atoms with Crippen LogP contribution in [-0.4, -0.2) is 19.2 Å². The van der Waals surface area contributed by atoms with Crippen LogP contribution in [0.5, 0.6) is 0 Å². The van der Waals surface area contributed by atoms with Crippen LogP contribution in [-0.2, 0) is 0 Å². The van der Waals surface area contributed by atoms with E-state index in [9.17, 15) is 0 Å². The second-order valence-corrected chi connectivity index (χ2v) is 1.24. The highest BCUT2D eigenvalue weighted by Crippen LogP contribution is 1.90. The highest BCUT2D eigenvalue weighted by atomic mass is 14.7. The van der Waals surface area contributed by atoms with Gasteiger partial charge in [-0.25, -0.2) is 0 Å². The molecule has 0 spiro atoms. The summed E-state index contributed by atoms with van der Waals surface area (Å²) in [5, 5.41) is 6.91. The van der Waals surface area contributed by atoms with Gasteiger partial charge in [0.15, 0.2) is 0 Å². The zero-order valence-corrected chi connectivity index (χ0v) is 3.68. The number of nitrogens with zero attached hydrogens (tertiary/aromatic N) is 1. The van der Waals surface area contributed by atoms with E-state index in [1.807, 2.05) is 0 Å². The zero-order chi connectivity index (χ0) is 5.28. The third-order valence-corrected chi connectivity index (χ3v) is 0.731. The predicted molar refractivity (Wildman–Crippen MR) is 30.1 cm³/mol. The minimum Gasteiger partial charge on any atom is -0.300 e. The Kier molecular flexibility index (Phi) is 0.820. The molecular weight excluding hydrogens is 86.9 g/mol. The average Bonchev–Trinajstić information content (AvgIpc) is 1.91. The van der Waals surface area contributed by atoms with Crippen LogP contribution < -0.4 is 0 Å². The van der Waals surface area contributed by atoms with Crippen molar-refractivity contribution in [3.8, 4) is 0 Å². The molecule has 0 atom stereocenters. The molecule has 2 radical (unpaired) electrons. The summed E-state index contributed by atoms with van der Waals surface area (Å²) in [6.45, 7) is 0. The Hall–Kier alpha value is -0.855. The second kappa shape index (κ2) is 1.33. The number of aliphatic imine (C=N–C) groups is 1. The van der Waals surface area contributed by atoms with Gasteiger partial charge in [0.1, 0.15) is 7.85 Å². The van der Waals surface area contributed by atoms with Crippen molar-refractivity contribution in [2.75, 3.05) is 0 Å². The SMILES string of the molecule is [B]C1=NC=CC1=N. The van der Waals surface area contributed by atoms with Gasteiger partial charge in [-0.2, -0.15) is 0 Å². The van der Waals surface area contributed by atoms with Crippen LogP contribution in [0.3, 0.4) is 0 Å². The lowest BCUT2D eigenvalue weighted by atomic mass is 9.98. The van der Waals surface area contributed by atoms with Gasteiger partial charge < -0.3 is 0 Å². The molecule has 0 aromatic rings. The molecule has 0 aliphatic carbocycles. The molecule has 0 saturated carbocycles. The van der Waals surface area contributed by atoms with E-state index in [2.05, 4.69) is 4.99 Å². The van der Waals surface area contributed by atoms with Gasteiger partial charge in [0.25, 0.3) is 0 Å². The molecule has 1 N–H and O–H groups in total. The molecule has 32 valence electrons. The number of hydrogen-bond donors (Lipinski definition) is 1. The van der Waals surface area contributed by atoms with Crippen molar-refractivity contribution in [2.45, 2.75) is 0 Å². The van der Waals surface area contributed by atoms with E-state index < -0.39 is 0 Å². The summed E-state index contributed by atoms with van der Waals surface area (Å²) >= 11 is 0. The lowest BCUT2D eigenvalue weighted by Crippen LogP contribution is -2.04. The van der Waals surface area contributed by atoms with Crippen molar-refractivity contribution in [1.82, 2.24) is 0 Å². The smallest absolute Gasteiger partial charge is 0.144 e. The van der Waals surface area contributed by atoms with Crippen molar-refractivity contribution in [3.05, 3.63) is 12.3 Å². The summed E-state index contributed by atoms with van der Waals surface area (Å²) in [5.74, 6) is 0. The highest BCUT2D eigenvalue weighted by Gasteiger charge is 1.97. The van der Waals surface area contributed by atoms with Crippen LogP contribution in [0.4, 0.5) is 0 Å². The van der Waals surface area contributed by atoms with E-state index in [-0.39, 0.29) is 0 Å². The van der Waals surface area contributed by atoms with Crippen molar-refractivity contribution < 1.29 is 0 Å². The Balaban J connectivity index is 2.89. The van der Waals surface area contributed by atoms with Crippen LogP contribution in [0, 0.1) is 5.41 Å². The summed E-state index contributed by atoms with van der Waals surface area (Å²) in [6.07, 6.45) is 3.06. The first-order chi connectivity index (χ1) is 3.30. The van der Waals surface area contributed by atoms with Gasteiger partial charge in [-0.1, -0.05) is 0 Å². The Labute approximate surface area is 42.9 Å². The Morgan fingerprint density at radius 1 is 1.71 bits per heavy atom. The highest BCUT2D eigenvalue weighted by molar-refractivity contribution is 6.81. The van der Waals surface area contributed by atoms with Crippen LogP contribution in [0.15, 0.2) is 17.3 Å². The molecule has 0 saturated heterocycles. The van der Waals surface area contributed by atoms with Gasteiger partial charge in [0, 0.05) is 11.8 Å². The minimum absolute atomic E-state index is 0.306. The van der Waals surface area contributed by atoms with Gasteiger partial charge in [0.2, 0.25) is 0 Å². The van der Waals surface area contributed by atoms with Crippen LogP contribution in [0.2, 0.25) is 0 Å². The Morgan fingerprint density at radius 2 is 2.43 bits per heavy atom. The average molecular weight is 89.9 g/mol. The normalized spacial score (nSPS) is 17.7. The fraction of sp³-hybridized carbons (Fsp3) is 0. The number of nitrogens with one attached hydrogen (secondary N) is 1. The zero-order valence-electron chi connectivity index (χ0n) is 3.68. The summed E-state index contributed by atoms with van der Waals surface area (Å²) < 4.78 is 0. The molecule has 0 aromatic carbocycles. The number of rotatable bonds is 0. The fourth-order valence-electron chi connectivity index (χ4n) is 0.347. The van der Waals surface area contributed by atoms with Crippen molar-refractivity contribution in [1.29, 1.82) is 5.41 Å². The summed E-state index contributed by atoms with van der Waals surface area (Å²) in [6, 6.07) is 0. The van der Waals surface area contributed by atoms with Crippen molar-refractivity contribution in [2.24, 2.45) is 4.99 Å². The standard InChI is InChI=1S/C4H3BN2/c5-4-3(6)1-2-7-4/h1-2,6H. The van der Waals surface area contributed by atoms with Crippen molar-refractivity contribution >= 4 is 19.2 Å². The van der Waals surface area contributed by atoms with Gasteiger partial charge in [-0.3, -0.25) is 10.4 Å². The molecule has 0 unspecified atom stereocenters. The molecule has 3 heteroatoms. The predicted octanol–water partition coefficient (Wildman–Crippen LogP) is 0.100. The first-order valence-electron chi connectivity index (χ1n) is 1.89. The molecule has 0 bridgehead atoms. The molecule has 2 nitrogen and oxygen atoms in total. The molecule has 0 fully saturated rings. The maximum Gasteiger partial charge on any atom is 0.144 e. The summed E-state index contributed by atoms with van der Waals surface area (Å²) in [7, 11) is 5.14. The topological polar surface area (TPSA) is 36.2 Å². The molecular formula is C4H3BN2. The number of hydrogen-bond acceptors (Lipinski definition) is 2. The van der Waals surface area contributed by atoms with Crippen LogP contribution in [0.1, 0.15) is 0 Å². The van der Waals surface area contributed by atoms with Gasteiger partial charge in [-0.15, -0.1) is 0 Å².